The van der Waals surface area contributed by atoms with E-state index in [4.69, 9.17) is 0 Å². The van der Waals surface area contributed by atoms with Crippen LogP contribution in [0, 0.1) is 5.92 Å². The Kier molecular flexibility index (Phi) is 10.2. The van der Waals surface area contributed by atoms with Crippen LogP contribution in [0.4, 0.5) is 0 Å². The zero-order chi connectivity index (χ0) is 30.1. The van der Waals surface area contributed by atoms with Crippen LogP contribution in [0.2, 0.25) is 0 Å². The number of amides is 2. The van der Waals surface area contributed by atoms with Crippen LogP contribution in [0.15, 0.2) is 102 Å². The average molecular weight is 587 g/mol. The molecule has 4 aromatic rings. The van der Waals surface area contributed by atoms with Gasteiger partial charge in [0.1, 0.15) is 12.1 Å². The predicted octanol–water partition coefficient (Wildman–Crippen LogP) is 3.54. The number of rotatable bonds is 13. The Balaban J connectivity index is 1.57. The quantitative estimate of drug-likeness (QED) is 0.205. The average Bonchev–Trinajstić information content (AvgIpc) is 3.02. The van der Waals surface area contributed by atoms with Gasteiger partial charge in [0.25, 0.3) is 5.91 Å². The van der Waals surface area contributed by atoms with Gasteiger partial charge in [-0.3, -0.25) is 19.4 Å². The van der Waals surface area contributed by atoms with E-state index >= 15 is 0 Å². The molecule has 0 spiro atoms. The third kappa shape index (κ3) is 7.65. The van der Waals surface area contributed by atoms with E-state index in [0.29, 0.717) is 11.8 Å². The summed E-state index contributed by atoms with van der Waals surface area (Å²) < 4.78 is 29.8. The fraction of sp³-hybridized carbons (Fsp3) is 0.250. The van der Waals surface area contributed by atoms with E-state index in [9.17, 15) is 22.8 Å². The van der Waals surface area contributed by atoms with Crippen molar-refractivity contribution in [3.8, 4) is 0 Å². The molecule has 10 heteroatoms. The molecule has 0 saturated carbocycles. The maximum Gasteiger partial charge on any atom is 0.289 e. The number of Topliss-reactive ketones (excluding diaryl/α,β-unsaturated/α-hetero) is 1. The molecule has 3 N–H and O–H groups in total. The van der Waals surface area contributed by atoms with E-state index in [1.807, 2.05) is 31.2 Å². The maximum absolute atomic E-state index is 13.7. The van der Waals surface area contributed by atoms with Crippen LogP contribution in [-0.4, -0.2) is 43.1 Å². The van der Waals surface area contributed by atoms with Gasteiger partial charge in [-0.25, -0.2) is 8.42 Å². The van der Waals surface area contributed by atoms with Crippen molar-refractivity contribution in [1.29, 1.82) is 0 Å². The minimum atomic E-state index is -4.14. The number of benzene rings is 3. The molecule has 0 aliphatic heterocycles. The number of hydrogen-bond acceptors (Lipinski definition) is 6. The SMILES string of the molecule is CC[C@H](C)[C@H](NS(=O)(=O)c1cccc2ccccc12)C(=O)N[C@@H](Cc1ccccc1)C(=O)C(=O)NCc1ccncc1. The molecule has 0 aliphatic carbocycles. The summed E-state index contributed by atoms with van der Waals surface area (Å²) in [5.41, 5.74) is 1.49. The molecule has 0 saturated heterocycles. The van der Waals surface area contributed by atoms with Crippen LogP contribution in [0.5, 0.6) is 0 Å². The molecule has 9 nitrogen and oxygen atoms in total. The van der Waals surface area contributed by atoms with Gasteiger partial charge in [0.15, 0.2) is 0 Å². The first kappa shape index (κ1) is 30.5. The number of aromatic nitrogens is 1. The largest absolute Gasteiger partial charge is 0.345 e. The number of sulfonamides is 1. The van der Waals surface area contributed by atoms with Crippen LogP contribution >= 0.6 is 0 Å². The molecule has 42 heavy (non-hydrogen) atoms. The first-order valence-electron chi connectivity index (χ1n) is 13.7. The van der Waals surface area contributed by atoms with Crippen molar-refractivity contribution >= 4 is 38.4 Å². The molecule has 3 atom stereocenters. The summed E-state index contributed by atoms with van der Waals surface area (Å²) in [6.45, 7) is 3.71. The molecular weight excluding hydrogens is 552 g/mol. The molecule has 4 rings (SSSR count). The second-order valence-corrected chi connectivity index (χ2v) is 11.8. The zero-order valence-corrected chi connectivity index (χ0v) is 24.3. The van der Waals surface area contributed by atoms with Crippen LogP contribution in [0.25, 0.3) is 10.8 Å². The molecule has 0 fully saturated rings. The van der Waals surface area contributed by atoms with Crippen molar-refractivity contribution < 1.29 is 22.8 Å². The lowest BCUT2D eigenvalue weighted by molar-refractivity contribution is -0.140. The summed E-state index contributed by atoms with van der Waals surface area (Å²) in [5.74, 6) is -2.79. The minimum absolute atomic E-state index is 0.0501. The Morgan fingerprint density at radius 1 is 0.833 bits per heavy atom. The third-order valence-corrected chi connectivity index (χ3v) is 8.66. The van der Waals surface area contributed by atoms with Crippen molar-refractivity contribution in [3.63, 3.8) is 0 Å². The minimum Gasteiger partial charge on any atom is -0.345 e. The van der Waals surface area contributed by atoms with Crippen LogP contribution < -0.4 is 15.4 Å². The molecule has 0 unspecified atom stereocenters. The first-order chi connectivity index (χ1) is 20.2. The van der Waals surface area contributed by atoms with Crippen molar-refractivity contribution in [2.24, 2.45) is 5.92 Å². The van der Waals surface area contributed by atoms with Gasteiger partial charge < -0.3 is 10.6 Å². The van der Waals surface area contributed by atoms with Gasteiger partial charge >= 0.3 is 0 Å². The van der Waals surface area contributed by atoms with Gasteiger partial charge in [-0.15, -0.1) is 0 Å². The molecule has 2 amide bonds. The lowest BCUT2D eigenvalue weighted by atomic mass is 9.97. The van der Waals surface area contributed by atoms with Gasteiger partial charge in [0.05, 0.1) is 4.90 Å². The summed E-state index contributed by atoms with van der Waals surface area (Å²) in [4.78, 5) is 43.9. The maximum atomic E-state index is 13.7. The van der Waals surface area contributed by atoms with Crippen molar-refractivity contribution in [3.05, 3.63) is 108 Å². The lowest BCUT2D eigenvalue weighted by Crippen LogP contribution is -2.56. The summed E-state index contributed by atoms with van der Waals surface area (Å²) >= 11 is 0. The summed E-state index contributed by atoms with van der Waals surface area (Å²) in [5, 5.41) is 6.56. The van der Waals surface area contributed by atoms with Crippen LogP contribution in [0.3, 0.4) is 0 Å². The van der Waals surface area contributed by atoms with E-state index in [0.717, 1.165) is 16.5 Å². The summed E-state index contributed by atoms with van der Waals surface area (Å²) in [6, 6.07) is 22.0. The highest BCUT2D eigenvalue weighted by Crippen LogP contribution is 2.24. The van der Waals surface area contributed by atoms with Gasteiger partial charge in [-0.05, 0) is 40.6 Å². The Labute approximate surface area is 245 Å². The number of hydrogen-bond donors (Lipinski definition) is 3. The fourth-order valence-corrected chi connectivity index (χ4v) is 6.11. The third-order valence-electron chi connectivity index (χ3n) is 7.16. The van der Waals surface area contributed by atoms with E-state index < -0.39 is 45.6 Å². The first-order valence-corrected chi connectivity index (χ1v) is 15.2. The molecular formula is C32H34N4O5S. The number of ketones is 1. The topological polar surface area (TPSA) is 134 Å². The highest BCUT2D eigenvalue weighted by molar-refractivity contribution is 7.89. The molecule has 3 aromatic carbocycles. The van der Waals surface area contributed by atoms with Crippen LogP contribution in [0.1, 0.15) is 31.4 Å². The van der Waals surface area contributed by atoms with E-state index in [1.54, 1.807) is 73.9 Å². The highest BCUT2D eigenvalue weighted by Gasteiger charge is 2.34. The molecule has 218 valence electrons. The molecule has 1 heterocycles. The van der Waals surface area contributed by atoms with E-state index in [2.05, 4.69) is 20.3 Å². The monoisotopic (exact) mass is 586 g/mol. The highest BCUT2D eigenvalue weighted by atomic mass is 32.2. The summed E-state index contributed by atoms with van der Waals surface area (Å²) in [7, 11) is -4.14. The Morgan fingerprint density at radius 3 is 2.21 bits per heavy atom. The molecule has 0 radical (unpaired) electrons. The predicted molar refractivity (Wildman–Crippen MR) is 161 cm³/mol. The molecule has 0 bridgehead atoms. The lowest BCUT2D eigenvalue weighted by Gasteiger charge is -2.26. The number of carbonyl (C=O) groups is 3. The van der Waals surface area contributed by atoms with Crippen molar-refractivity contribution in [2.45, 2.75) is 50.2 Å². The smallest absolute Gasteiger partial charge is 0.289 e. The van der Waals surface area contributed by atoms with Crippen molar-refractivity contribution in [2.75, 3.05) is 0 Å². The second kappa shape index (κ2) is 14.0. The zero-order valence-electron chi connectivity index (χ0n) is 23.5. The summed E-state index contributed by atoms with van der Waals surface area (Å²) in [6.07, 6.45) is 3.70. The van der Waals surface area contributed by atoms with Gasteiger partial charge in [-0.1, -0.05) is 87.0 Å². The molecule has 1 aromatic heterocycles. The molecule has 0 aliphatic rings. The van der Waals surface area contributed by atoms with E-state index in [1.165, 1.54) is 6.07 Å². The van der Waals surface area contributed by atoms with Gasteiger partial charge in [-0.2, -0.15) is 4.72 Å². The fourth-order valence-electron chi connectivity index (χ4n) is 4.57. The number of nitrogens with one attached hydrogen (secondary N) is 3. The van der Waals surface area contributed by atoms with E-state index in [-0.39, 0.29) is 17.9 Å². The normalized spacial score (nSPS) is 13.6. The Bertz CT molecular complexity index is 1640. The standard InChI is InChI=1S/C32H34N4O5S/c1-3-22(2)29(36-42(40,41)28-15-9-13-25-12-7-8-14-26(25)28)31(38)35-27(20-23-10-5-4-6-11-23)30(37)32(39)34-21-24-16-18-33-19-17-24/h4-19,22,27,29,36H,3,20-21H2,1-2H3,(H,34,39)(H,35,38)/t22-,27-,29-/m0/s1. The van der Waals surface area contributed by atoms with Gasteiger partial charge in [0, 0.05) is 30.7 Å². The number of nitrogens with zero attached hydrogens (tertiary/aromatic N) is 1. The number of carbonyl (C=O) groups excluding carboxylic acids is 3. The van der Waals surface area contributed by atoms with Gasteiger partial charge in [0.2, 0.25) is 21.7 Å². The van der Waals surface area contributed by atoms with Crippen molar-refractivity contribution in [1.82, 2.24) is 20.3 Å². The number of fused-ring (bicyclic) bond motifs is 1. The number of pyridine rings is 1. The Hall–Kier alpha value is -4.41. The second-order valence-electron chi connectivity index (χ2n) is 10.1. The Morgan fingerprint density at radius 2 is 1.50 bits per heavy atom. The van der Waals surface area contributed by atoms with Crippen LogP contribution in [-0.2, 0) is 37.4 Å².